The van der Waals surface area contributed by atoms with Crippen molar-refractivity contribution >= 4 is 23.2 Å². The molecule has 5 heteroatoms. The molecule has 0 aliphatic carbocycles. The van der Waals surface area contributed by atoms with Crippen LogP contribution in [0.4, 0.5) is 5.69 Å². The van der Waals surface area contributed by atoms with E-state index in [1.807, 2.05) is 6.92 Å². The second kappa shape index (κ2) is 8.19. The van der Waals surface area contributed by atoms with Crippen LogP contribution in [0.3, 0.4) is 0 Å². The van der Waals surface area contributed by atoms with E-state index in [1.165, 1.54) is 0 Å². The molecular formula is C16H23N3O2. The predicted molar refractivity (Wildman–Crippen MR) is 85.4 cm³/mol. The first kappa shape index (κ1) is 16.9. The van der Waals surface area contributed by atoms with Gasteiger partial charge >= 0.3 is 0 Å². The van der Waals surface area contributed by atoms with E-state index < -0.39 is 0 Å². The van der Waals surface area contributed by atoms with Crippen molar-refractivity contribution in [2.75, 3.05) is 5.32 Å². The van der Waals surface area contributed by atoms with Gasteiger partial charge < -0.3 is 5.32 Å². The van der Waals surface area contributed by atoms with Crippen molar-refractivity contribution in [2.45, 2.75) is 40.5 Å². The Morgan fingerprint density at radius 3 is 2.33 bits per heavy atom. The molecule has 0 aromatic heterocycles. The number of carbonyl (C=O) groups excluding carboxylic acids is 2. The summed E-state index contributed by atoms with van der Waals surface area (Å²) in [7, 11) is 0. The first-order valence-electron chi connectivity index (χ1n) is 7.15. The minimum Gasteiger partial charge on any atom is -0.326 e. The van der Waals surface area contributed by atoms with E-state index in [4.69, 9.17) is 0 Å². The second-order valence-electron chi connectivity index (χ2n) is 5.37. The Balaban J connectivity index is 2.61. The van der Waals surface area contributed by atoms with Crippen molar-refractivity contribution in [1.82, 2.24) is 5.43 Å². The number of hydrazone groups is 1. The van der Waals surface area contributed by atoms with Crippen molar-refractivity contribution in [2.24, 2.45) is 11.0 Å². The highest BCUT2D eigenvalue weighted by Crippen LogP contribution is 2.10. The summed E-state index contributed by atoms with van der Waals surface area (Å²) in [6, 6.07) is 6.72. The van der Waals surface area contributed by atoms with Gasteiger partial charge in [-0.15, -0.1) is 0 Å². The summed E-state index contributed by atoms with van der Waals surface area (Å²) >= 11 is 0. The molecule has 114 valence electrons. The van der Waals surface area contributed by atoms with Crippen LogP contribution >= 0.6 is 0 Å². The standard InChI is InChI=1S/C16H23N3O2/c1-5-15(20)17-14-8-6-13(7-9-14)16(21)19-18-12(4)10-11(2)3/h6-9,11H,5,10H2,1-4H3,(H,17,20)(H,19,21). The summed E-state index contributed by atoms with van der Waals surface area (Å²) in [5.74, 6) is 0.194. The Labute approximate surface area is 125 Å². The molecule has 1 aromatic carbocycles. The predicted octanol–water partition coefficient (Wildman–Crippen LogP) is 3.19. The number of anilines is 1. The maximum atomic E-state index is 11.9. The Hall–Kier alpha value is -2.17. The lowest BCUT2D eigenvalue weighted by Gasteiger charge is -2.06. The van der Waals surface area contributed by atoms with E-state index in [1.54, 1.807) is 31.2 Å². The van der Waals surface area contributed by atoms with Gasteiger partial charge in [-0.05, 0) is 43.5 Å². The molecule has 0 atom stereocenters. The topological polar surface area (TPSA) is 70.6 Å². The Kier molecular flexibility index (Phi) is 6.59. The molecule has 0 spiro atoms. The zero-order valence-electron chi connectivity index (χ0n) is 13.1. The maximum absolute atomic E-state index is 11.9. The van der Waals surface area contributed by atoms with Gasteiger partial charge in [-0.25, -0.2) is 5.43 Å². The van der Waals surface area contributed by atoms with Crippen LogP contribution in [0.5, 0.6) is 0 Å². The van der Waals surface area contributed by atoms with E-state index in [0.717, 1.165) is 12.1 Å². The van der Waals surface area contributed by atoms with Crippen LogP contribution in [-0.2, 0) is 4.79 Å². The number of hydrogen-bond acceptors (Lipinski definition) is 3. The van der Waals surface area contributed by atoms with Crippen LogP contribution in [0, 0.1) is 5.92 Å². The molecule has 0 saturated carbocycles. The van der Waals surface area contributed by atoms with E-state index >= 15 is 0 Å². The van der Waals surface area contributed by atoms with E-state index in [0.29, 0.717) is 23.6 Å². The Morgan fingerprint density at radius 2 is 1.81 bits per heavy atom. The normalized spacial score (nSPS) is 11.4. The lowest BCUT2D eigenvalue weighted by molar-refractivity contribution is -0.115. The third-order valence-corrected chi connectivity index (χ3v) is 2.80. The molecule has 0 radical (unpaired) electrons. The molecule has 21 heavy (non-hydrogen) atoms. The summed E-state index contributed by atoms with van der Waals surface area (Å²) in [6.45, 7) is 7.88. The van der Waals surface area contributed by atoms with Crippen molar-refractivity contribution in [3.8, 4) is 0 Å². The fourth-order valence-electron chi connectivity index (χ4n) is 1.80. The molecule has 0 fully saturated rings. The number of nitrogens with one attached hydrogen (secondary N) is 2. The molecule has 1 rings (SSSR count). The van der Waals surface area contributed by atoms with Crippen LogP contribution in [0.15, 0.2) is 29.4 Å². The van der Waals surface area contributed by atoms with Crippen LogP contribution in [-0.4, -0.2) is 17.5 Å². The summed E-state index contributed by atoms with van der Waals surface area (Å²) in [4.78, 5) is 23.2. The van der Waals surface area contributed by atoms with Crippen molar-refractivity contribution in [3.63, 3.8) is 0 Å². The van der Waals surface area contributed by atoms with Crippen LogP contribution in [0.1, 0.15) is 50.9 Å². The van der Waals surface area contributed by atoms with Crippen molar-refractivity contribution < 1.29 is 9.59 Å². The third-order valence-electron chi connectivity index (χ3n) is 2.80. The average Bonchev–Trinajstić information content (AvgIpc) is 2.44. The van der Waals surface area contributed by atoms with Gasteiger partial charge in [0.2, 0.25) is 5.91 Å². The number of nitrogens with zero attached hydrogens (tertiary/aromatic N) is 1. The van der Waals surface area contributed by atoms with Gasteiger partial charge in [0, 0.05) is 23.4 Å². The average molecular weight is 289 g/mol. The number of rotatable bonds is 6. The number of carbonyl (C=O) groups is 2. The lowest BCUT2D eigenvalue weighted by atomic mass is 10.1. The van der Waals surface area contributed by atoms with Crippen LogP contribution < -0.4 is 10.7 Å². The number of amides is 2. The monoisotopic (exact) mass is 289 g/mol. The molecule has 1 aromatic rings. The molecule has 5 nitrogen and oxygen atoms in total. The van der Waals surface area contributed by atoms with Crippen molar-refractivity contribution in [3.05, 3.63) is 29.8 Å². The van der Waals surface area contributed by atoms with Crippen LogP contribution in [0.25, 0.3) is 0 Å². The zero-order chi connectivity index (χ0) is 15.8. The quantitative estimate of drug-likeness (QED) is 0.623. The lowest BCUT2D eigenvalue weighted by Crippen LogP contribution is -2.19. The minimum atomic E-state index is -0.258. The van der Waals surface area contributed by atoms with Gasteiger partial charge in [-0.1, -0.05) is 20.8 Å². The number of hydrogen-bond donors (Lipinski definition) is 2. The van der Waals surface area contributed by atoms with E-state index in [-0.39, 0.29) is 11.8 Å². The Bertz CT molecular complexity index is 519. The summed E-state index contributed by atoms with van der Waals surface area (Å²) in [6.07, 6.45) is 1.27. The summed E-state index contributed by atoms with van der Waals surface area (Å²) < 4.78 is 0. The molecule has 0 aliphatic heterocycles. The molecule has 2 amide bonds. The highest BCUT2D eigenvalue weighted by atomic mass is 16.2. The maximum Gasteiger partial charge on any atom is 0.271 e. The van der Waals surface area contributed by atoms with E-state index in [9.17, 15) is 9.59 Å². The summed E-state index contributed by atoms with van der Waals surface area (Å²) in [5.41, 5.74) is 4.61. The van der Waals surface area contributed by atoms with Gasteiger partial charge in [-0.2, -0.15) is 5.10 Å². The smallest absolute Gasteiger partial charge is 0.271 e. The summed E-state index contributed by atoms with van der Waals surface area (Å²) in [5, 5.41) is 6.80. The van der Waals surface area contributed by atoms with E-state index in [2.05, 4.69) is 29.7 Å². The zero-order valence-corrected chi connectivity index (χ0v) is 13.1. The molecule has 0 aliphatic rings. The molecule has 0 bridgehead atoms. The highest BCUT2D eigenvalue weighted by molar-refractivity contribution is 5.96. The van der Waals surface area contributed by atoms with Gasteiger partial charge in [0.25, 0.3) is 5.91 Å². The highest BCUT2D eigenvalue weighted by Gasteiger charge is 2.06. The molecule has 2 N–H and O–H groups in total. The fourth-order valence-corrected chi connectivity index (χ4v) is 1.80. The van der Waals surface area contributed by atoms with Gasteiger partial charge in [-0.3, -0.25) is 9.59 Å². The van der Waals surface area contributed by atoms with Gasteiger partial charge in [0.1, 0.15) is 0 Å². The van der Waals surface area contributed by atoms with Gasteiger partial charge in [0.15, 0.2) is 0 Å². The SMILES string of the molecule is CCC(=O)Nc1ccc(C(=O)NN=C(C)CC(C)C)cc1. The molecular weight excluding hydrogens is 266 g/mol. The fraction of sp³-hybridized carbons (Fsp3) is 0.438. The first-order chi connectivity index (χ1) is 9.92. The van der Waals surface area contributed by atoms with Crippen molar-refractivity contribution in [1.29, 1.82) is 0 Å². The van der Waals surface area contributed by atoms with Crippen LogP contribution in [0.2, 0.25) is 0 Å². The second-order valence-corrected chi connectivity index (χ2v) is 5.37. The largest absolute Gasteiger partial charge is 0.326 e. The molecule has 0 saturated heterocycles. The minimum absolute atomic E-state index is 0.0545. The number of benzene rings is 1. The molecule has 0 unspecified atom stereocenters. The Morgan fingerprint density at radius 1 is 1.19 bits per heavy atom. The third kappa shape index (κ3) is 6.21. The first-order valence-corrected chi connectivity index (χ1v) is 7.15. The van der Waals surface area contributed by atoms with Gasteiger partial charge in [0.05, 0.1) is 0 Å². The molecule has 0 heterocycles.